The van der Waals surface area contributed by atoms with Gasteiger partial charge < -0.3 is 14.9 Å². The molecule has 1 aliphatic rings. The first kappa shape index (κ1) is 14.5. The van der Waals surface area contributed by atoms with Crippen molar-refractivity contribution in [1.82, 2.24) is 24.5 Å². The van der Waals surface area contributed by atoms with E-state index in [0.29, 0.717) is 0 Å². The van der Waals surface area contributed by atoms with Crippen LogP contribution in [-0.2, 0) is 0 Å². The molecule has 0 atom stereocenters. The van der Waals surface area contributed by atoms with Crippen LogP contribution in [0.15, 0.2) is 48.8 Å². The van der Waals surface area contributed by atoms with Gasteiger partial charge in [0.2, 0.25) is 0 Å². The first-order chi connectivity index (χ1) is 12.3. The minimum absolute atomic E-state index is 0.886. The molecule has 2 aromatic carbocycles. The molecule has 1 fully saturated rings. The van der Waals surface area contributed by atoms with Crippen molar-refractivity contribution >= 4 is 22.1 Å². The van der Waals surface area contributed by atoms with Gasteiger partial charge in [0, 0.05) is 31.7 Å². The molecule has 0 saturated carbocycles. The lowest BCUT2D eigenvalue weighted by Gasteiger charge is -2.34. The lowest BCUT2D eigenvalue weighted by atomic mass is 10.2. The van der Waals surface area contributed by atoms with E-state index in [0.717, 1.165) is 59.6 Å². The summed E-state index contributed by atoms with van der Waals surface area (Å²) < 4.78 is 2.19. The number of H-pyrrole nitrogens is 1. The maximum atomic E-state index is 4.69. The van der Waals surface area contributed by atoms with E-state index in [1.165, 1.54) is 0 Å². The van der Waals surface area contributed by atoms with Crippen molar-refractivity contribution < 1.29 is 0 Å². The summed E-state index contributed by atoms with van der Waals surface area (Å²) in [4.78, 5) is 15.1. The van der Waals surface area contributed by atoms with Crippen molar-refractivity contribution in [3.63, 3.8) is 0 Å². The third kappa shape index (κ3) is 2.46. The fourth-order valence-electron chi connectivity index (χ4n) is 3.47. The van der Waals surface area contributed by atoms with Crippen molar-refractivity contribution in [1.29, 1.82) is 0 Å². The molecule has 25 heavy (non-hydrogen) atoms. The number of rotatable bonds is 2. The quantitative estimate of drug-likeness (QED) is 0.613. The number of hydrogen-bond donors (Lipinski definition) is 1. The van der Waals surface area contributed by atoms with Crippen molar-refractivity contribution in [2.75, 3.05) is 38.2 Å². The predicted octanol–water partition coefficient (Wildman–Crippen LogP) is 2.46. The molecule has 0 bridgehead atoms. The van der Waals surface area contributed by atoms with Crippen molar-refractivity contribution in [2.24, 2.45) is 0 Å². The van der Waals surface area contributed by atoms with Crippen LogP contribution < -0.4 is 5.01 Å². The normalized spacial score (nSPS) is 16.1. The third-order valence-corrected chi connectivity index (χ3v) is 4.98. The van der Waals surface area contributed by atoms with Crippen LogP contribution in [-0.4, -0.2) is 57.8 Å². The number of nitrogens with zero attached hydrogens (tertiary/aromatic N) is 5. The molecule has 0 amide bonds. The highest BCUT2D eigenvalue weighted by Gasteiger charge is 2.16. The molecule has 1 aliphatic heterocycles. The van der Waals surface area contributed by atoms with Crippen LogP contribution in [0.4, 0.5) is 0 Å². The molecule has 126 valence electrons. The number of para-hydroxylation sites is 2. The summed E-state index contributed by atoms with van der Waals surface area (Å²) in [5.74, 6) is 0.886. The predicted molar refractivity (Wildman–Crippen MR) is 100 cm³/mol. The minimum Gasteiger partial charge on any atom is -0.338 e. The second kappa shape index (κ2) is 5.60. The Bertz CT molecular complexity index is 1010. The van der Waals surface area contributed by atoms with Crippen LogP contribution in [0.5, 0.6) is 0 Å². The molecule has 0 spiro atoms. The molecule has 0 radical (unpaired) electrons. The first-order valence-corrected chi connectivity index (χ1v) is 8.64. The molecular weight excluding hydrogens is 312 g/mol. The number of imidazole rings is 2. The van der Waals surface area contributed by atoms with Crippen molar-refractivity contribution in [3.05, 3.63) is 48.8 Å². The molecule has 6 nitrogen and oxygen atoms in total. The second-order valence-corrected chi connectivity index (χ2v) is 6.65. The lowest BCUT2D eigenvalue weighted by Crippen LogP contribution is -2.49. The van der Waals surface area contributed by atoms with E-state index in [2.05, 4.69) is 54.8 Å². The summed E-state index contributed by atoms with van der Waals surface area (Å²) >= 11 is 0. The van der Waals surface area contributed by atoms with Crippen LogP contribution in [0.3, 0.4) is 0 Å². The average Bonchev–Trinajstić information content (AvgIpc) is 3.26. The summed E-state index contributed by atoms with van der Waals surface area (Å²) in [5.41, 5.74) is 5.25. The van der Waals surface area contributed by atoms with Gasteiger partial charge in [-0.25, -0.2) is 14.6 Å². The molecular formula is C19H20N6. The highest BCUT2D eigenvalue weighted by atomic mass is 15.6. The number of hydrogen-bond acceptors (Lipinski definition) is 4. The number of aromatic amines is 1. The maximum absolute atomic E-state index is 4.69. The number of piperazine rings is 1. The SMILES string of the molecule is CN1CCN(n2cnc3cc(-c4nc5ccccc5[nH]4)ccc32)CC1. The topological polar surface area (TPSA) is 53.0 Å². The highest BCUT2D eigenvalue weighted by Crippen LogP contribution is 2.24. The molecule has 0 aliphatic carbocycles. The Kier molecular flexibility index (Phi) is 3.24. The largest absolute Gasteiger partial charge is 0.338 e. The molecule has 2 aromatic heterocycles. The maximum Gasteiger partial charge on any atom is 0.138 e. The van der Waals surface area contributed by atoms with Gasteiger partial charge in [0.25, 0.3) is 0 Å². The third-order valence-electron chi connectivity index (χ3n) is 4.98. The van der Waals surface area contributed by atoms with E-state index >= 15 is 0 Å². The fourth-order valence-corrected chi connectivity index (χ4v) is 3.47. The summed E-state index contributed by atoms with van der Waals surface area (Å²) in [6, 6.07) is 14.5. The zero-order valence-electron chi connectivity index (χ0n) is 14.2. The zero-order valence-corrected chi connectivity index (χ0v) is 14.2. The molecule has 1 saturated heterocycles. The molecule has 6 heteroatoms. The monoisotopic (exact) mass is 332 g/mol. The van der Waals surface area contributed by atoms with Gasteiger partial charge in [0.05, 0.1) is 22.1 Å². The van der Waals surface area contributed by atoms with Gasteiger partial charge in [0.15, 0.2) is 0 Å². The van der Waals surface area contributed by atoms with Gasteiger partial charge in [-0.15, -0.1) is 0 Å². The minimum atomic E-state index is 0.886. The van der Waals surface area contributed by atoms with Gasteiger partial charge in [0.1, 0.15) is 12.2 Å². The Morgan fingerprint density at radius 3 is 2.64 bits per heavy atom. The van der Waals surface area contributed by atoms with Gasteiger partial charge in [-0.3, -0.25) is 0 Å². The molecule has 4 aromatic rings. The van der Waals surface area contributed by atoms with E-state index < -0.39 is 0 Å². The van der Waals surface area contributed by atoms with E-state index in [-0.39, 0.29) is 0 Å². The first-order valence-electron chi connectivity index (χ1n) is 8.64. The van der Waals surface area contributed by atoms with E-state index in [9.17, 15) is 0 Å². The molecule has 3 heterocycles. The Labute approximate surface area is 145 Å². The standard InChI is InChI=1S/C19H20N6/c1-23-8-10-24(11-9-23)25-13-20-17-12-14(6-7-18(17)25)19-21-15-4-2-3-5-16(15)22-19/h2-7,12-13H,8-11H2,1H3,(H,21,22). The van der Waals surface area contributed by atoms with Crippen molar-refractivity contribution in [3.8, 4) is 11.4 Å². The molecule has 0 unspecified atom stereocenters. The average molecular weight is 332 g/mol. The number of benzene rings is 2. The van der Waals surface area contributed by atoms with Gasteiger partial charge in [-0.2, -0.15) is 0 Å². The van der Waals surface area contributed by atoms with Gasteiger partial charge >= 0.3 is 0 Å². The summed E-state index contributed by atoms with van der Waals surface area (Å²) in [5, 5.41) is 2.36. The highest BCUT2D eigenvalue weighted by molar-refractivity contribution is 5.84. The second-order valence-electron chi connectivity index (χ2n) is 6.65. The van der Waals surface area contributed by atoms with Crippen LogP contribution in [0.1, 0.15) is 0 Å². The van der Waals surface area contributed by atoms with Crippen LogP contribution in [0, 0.1) is 0 Å². The number of aromatic nitrogens is 4. The number of nitrogens with one attached hydrogen (secondary N) is 1. The zero-order chi connectivity index (χ0) is 16.8. The number of fused-ring (bicyclic) bond motifs is 2. The van der Waals surface area contributed by atoms with E-state index in [1.54, 1.807) is 0 Å². The van der Waals surface area contributed by atoms with Crippen LogP contribution >= 0.6 is 0 Å². The Morgan fingerprint density at radius 1 is 0.960 bits per heavy atom. The van der Waals surface area contributed by atoms with E-state index in [1.807, 2.05) is 30.6 Å². The Hall–Kier alpha value is -2.86. The summed E-state index contributed by atoms with van der Waals surface area (Å²) in [6.07, 6.45) is 1.93. The Balaban J connectivity index is 1.52. The molecule has 5 rings (SSSR count). The fraction of sp³-hybridized carbons (Fsp3) is 0.263. The number of likely N-dealkylation sites (N-methyl/N-ethyl adjacent to an activating group) is 1. The van der Waals surface area contributed by atoms with Crippen LogP contribution in [0.25, 0.3) is 33.5 Å². The molecule has 1 N–H and O–H groups in total. The van der Waals surface area contributed by atoms with Crippen molar-refractivity contribution in [2.45, 2.75) is 0 Å². The van der Waals surface area contributed by atoms with E-state index in [4.69, 9.17) is 0 Å². The smallest absolute Gasteiger partial charge is 0.138 e. The summed E-state index contributed by atoms with van der Waals surface area (Å²) in [7, 11) is 2.17. The van der Waals surface area contributed by atoms with Gasteiger partial charge in [-0.1, -0.05) is 12.1 Å². The lowest BCUT2D eigenvalue weighted by molar-refractivity contribution is 0.289. The Morgan fingerprint density at radius 2 is 1.80 bits per heavy atom. The summed E-state index contributed by atoms with van der Waals surface area (Å²) in [6.45, 7) is 4.20. The van der Waals surface area contributed by atoms with Crippen LogP contribution in [0.2, 0.25) is 0 Å². The van der Waals surface area contributed by atoms with Gasteiger partial charge in [-0.05, 0) is 37.4 Å².